The first kappa shape index (κ1) is 15.5. The van der Waals surface area contributed by atoms with Crippen LogP contribution in [0.4, 0.5) is 0 Å². The molecule has 0 saturated carbocycles. The molecule has 0 aromatic carbocycles. The maximum atomic E-state index is 5.36. The van der Waals surface area contributed by atoms with Crippen molar-refractivity contribution in [3.8, 4) is 11.8 Å². The third kappa shape index (κ3) is 10.0. The van der Waals surface area contributed by atoms with E-state index < -0.39 is 0 Å². The van der Waals surface area contributed by atoms with Crippen LogP contribution in [0, 0.1) is 11.8 Å². The highest BCUT2D eigenvalue weighted by atomic mass is 16.5. The highest BCUT2D eigenvalue weighted by Gasteiger charge is 2.06. The van der Waals surface area contributed by atoms with Crippen molar-refractivity contribution < 1.29 is 4.74 Å². The summed E-state index contributed by atoms with van der Waals surface area (Å²) in [4.78, 5) is 0. The Morgan fingerprint density at radius 1 is 1.25 bits per heavy atom. The van der Waals surface area contributed by atoms with Crippen LogP contribution in [0.5, 0.6) is 0 Å². The molecular formula is C14H27NO. The molecule has 0 amide bonds. The maximum absolute atomic E-state index is 5.36. The van der Waals surface area contributed by atoms with Crippen LogP contribution in [0.15, 0.2) is 0 Å². The SMILES string of the molecule is CC#CCCC(CCCOCC)NCCC. The van der Waals surface area contributed by atoms with E-state index in [1.54, 1.807) is 0 Å². The molecule has 0 spiro atoms. The summed E-state index contributed by atoms with van der Waals surface area (Å²) in [5.41, 5.74) is 0. The molecule has 94 valence electrons. The van der Waals surface area contributed by atoms with Gasteiger partial charge in [0.2, 0.25) is 0 Å². The lowest BCUT2D eigenvalue weighted by atomic mass is 10.1. The van der Waals surface area contributed by atoms with Gasteiger partial charge in [0.15, 0.2) is 0 Å². The first-order chi connectivity index (χ1) is 7.85. The molecule has 2 heteroatoms. The molecule has 2 nitrogen and oxygen atoms in total. The molecule has 1 unspecified atom stereocenters. The molecule has 0 bridgehead atoms. The average molecular weight is 225 g/mol. The van der Waals surface area contributed by atoms with Gasteiger partial charge >= 0.3 is 0 Å². The standard InChI is InChI=1S/C14H27NO/c1-4-7-8-10-14(15-12-5-2)11-9-13-16-6-3/h14-15H,5-6,8-13H2,1-3H3. The molecule has 0 aliphatic carbocycles. The minimum Gasteiger partial charge on any atom is -0.382 e. The van der Waals surface area contributed by atoms with Gasteiger partial charge in [0.25, 0.3) is 0 Å². The molecule has 0 radical (unpaired) electrons. The molecule has 0 aliphatic heterocycles. The van der Waals surface area contributed by atoms with Gasteiger partial charge in [-0.25, -0.2) is 0 Å². The van der Waals surface area contributed by atoms with Crippen LogP contribution in [-0.4, -0.2) is 25.8 Å². The van der Waals surface area contributed by atoms with Gasteiger partial charge in [0, 0.05) is 25.7 Å². The van der Waals surface area contributed by atoms with E-state index in [0.29, 0.717) is 6.04 Å². The Labute approximate surface area is 101 Å². The van der Waals surface area contributed by atoms with Gasteiger partial charge in [-0.15, -0.1) is 11.8 Å². The Balaban J connectivity index is 3.65. The van der Waals surface area contributed by atoms with E-state index in [-0.39, 0.29) is 0 Å². The first-order valence-electron chi connectivity index (χ1n) is 6.55. The summed E-state index contributed by atoms with van der Waals surface area (Å²) >= 11 is 0. The van der Waals surface area contributed by atoms with Gasteiger partial charge in [0.1, 0.15) is 0 Å². The van der Waals surface area contributed by atoms with Crippen LogP contribution in [0.3, 0.4) is 0 Å². The van der Waals surface area contributed by atoms with Crippen molar-refractivity contribution in [1.82, 2.24) is 5.32 Å². The summed E-state index contributed by atoms with van der Waals surface area (Å²) in [5.74, 6) is 6.09. The Morgan fingerprint density at radius 2 is 2.06 bits per heavy atom. The molecule has 0 aromatic heterocycles. The lowest BCUT2D eigenvalue weighted by Gasteiger charge is -2.17. The molecule has 0 rings (SSSR count). The zero-order valence-corrected chi connectivity index (χ0v) is 11.1. The molecule has 0 saturated heterocycles. The zero-order valence-electron chi connectivity index (χ0n) is 11.1. The first-order valence-corrected chi connectivity index (χ1v) is 6.55. The van der Waals surface area contributed by atoms with Crippen molar-refractivity contribution in [2.75, 3.05) is 19.8 Å². The van der Waals surface area contributed by atoms with E-state index in [1.165, 1.54) is 12.8 Å². The van der Waals surface area contributed by atoms with E-state index in [4.69, 9.17) is 4.74 Å². The van der Waals surface area contributed by atoms with Gasteiger partial charge in [-0.1, -0.05) is 6.92 Å². The monoisotopic (exact) mass is 225 g/mol. The van der Waals surface area contributed by atoms with E-state index in [9.17, 15) is 0 Å². The van der Waals surface area contributed by atoms with E-state index in [0.717, 1.165) is 39.0 Å². The molecule has 1 atom stereocenters. The summed E-state index contributed by atoms with van der Waals surface area (Å²) in [6.07, 6.45) is 5.71. The average Bonchev–Trinajstić information content (AvgIpc) is 2.31. The Hall–Kier alpha value is -0.520. The molecule has 1 N–H and O–H groups in total. The minimum absolute atomic E-state index is 0.612. The third-order valence-corrected chi connectivity index (χ3v) is 2.52. The van der Waals surface area contributed by atoms with Crippen LogP contribution in [0.25, 0.3) is 0 Å². The van der Waals surface area contributed by atoms with Crippen molar-refractivity contribution in [2.24, 2.45) is 0 Å². The van der Waals surface area contributed by atoms with Crippen LogP contribution in [0.2, 0.25) is 0 Å². The maximum Gasteiger partial charge on any atom is 0.0466 e. The second kappa shape index (κ2) is 12.5. The summed E-state index contributed by atoms with van der Waals surface area (Å²) < 4.78 is 5.36. The largest absolute Gasteiger partial charge is 0.382 e. The lowest BCUT2D eigenvalue weighted by Crippen LogP contribution is -2.30. The van der Waals surface area contributed by atoms with Gasteiger partial charge in [-0.3, -0.25) is 0 Å². The highest BCUT2D eigenvalue weighted by Crippen LogP contribution is 2.05. The van der Waals surface area contributed by atoms with Gasteiger partial charge in [0.05, 0.1) is 0 Å². The zero-order chi connectivity index (χ0) is 12.1. The van der Waals surface area contributed by atoms with Crippen LogP contribution in [-0.2, 0) is 4.74 Å². The highest BCUT2D eigenvalue weighted by molar-refractivity contribution is 4.95. The molecular weight excluding hydrogens is 198 g/mol. The summed E-state index contributed by atoms with van der Waals surface area (Å²) in [6, 6.07) is 0.612. The van der Waals surface area contributed by atoms with Gasteiger partial charge in [-0.05, 0) is 46.1 Å². The number of hydrogen-bond donors (Lipinski definition) is 1. The topological polar surface area (TPSA) is 21.3 Å². The van der Waals surface area contributed by atoms with E-state index >= 15 is 0 Å². The van der Waals surface area contributed by atoms with Crippen LogP contribution in [0.1, 0.15) is 52.9 Å². The second-order valence-corrected chi connectivity index (χ2v) is 3.96. The van der Waals surface area contributed by atoms with Crippen molar-refractivity contribution in [3.05, 3.63) is 0 Å². The fraction of sp³-hybridized carbons (Fsp3) is 0.857. The Morgan fingerprint density at radius 3 is 2.69 bits per heavy atom. The normalized spacial score (nSPS) is 11.9. The number of ether oxygens (including phenoxy) is 1. The predicted octanol–water partition coefficient (Wildman–Crippen LogP) is 2.97. The van der Waals surface area contributed by atoms with Crippen molar-refractivity contribution in [3.63, 3.8) is 0 Å². The molecule has 0 heterocycles. The van der Waals surface area contributed by atoms with Gasteiger partial charge in [-0.2, -0.15) is 0 Å². The minimum atomic E-state index is 0.612. The fourth-order valence-corrected chi connectivity index (χ4v) is 1.64. The fourth-order valence-electron chi connectivity index (χ4n) is 1.64. The summed E-state index contributed by atoms with van der Waals surface area (Å²) in [7, 11) is 0. The number of nitrogens with one attached hydrogen (secondary N) is 1. The predicted molar refractivity (Wildman–Crippen MR) is 70.5 cm³/mol. The third-order valence-electron chi connectivity index (χ3n) is 2.52. The van der Waals surface area contributed by atoms with Crippen LogP contribution >= 0.6 is 0 Å². The van der Waals surface area contributed by atoms with E-state index in [2.05, 4.69) is 24.1 Å². The number of hydrogen-bond acceptors (Lipinski definition) is 2. The molecule has 0 fully saturated rings. The van der Waals surface area contributed by atoms with E-state index in [1.807, 2.05) is 13.8 Å². The molecule has 0 aliphatic rings. The molecule has 16 heavy (non-hydrogen) atoms. The quantitative estimate of drug-likeness (QED) is 0.456. The summed E-state index contributed by atoms with van der Waals surface area (Å²) in [6.45, 7) is 8.98. The van der Waals surface area contributed by atoms with Crippen molar-refractivity contribution >= 4 is 0 Å². The van der Waals surface area contributed by atoms with Gasteiger partial charge < -0.3 is 10.1 Å². The Kier molecular flexibility index (Phi) is 12.1. The number of rotatable bonds is 10. The molecule has 0 aromatic rings. The smallest absolute Gasteiger partial charge is 0.0466 e. The van der Waals surface area contributed by atoms with Crippen LogP contribution < -0.4 is 5.32 Å². The van der Waals surface area contributed by atoms with Crippen molar-refractivity contribution in [1.29, 1.82) is 0 Å². The lowest BCUT2D eigenvalue weighted by molar-refractivity contribution is 0.140. The Bertz CT molecular complexity index is 193. The van der Waals surface area contributed by atoms with Crippen molar-refractivity contribution in [2.45, 2.75) is 58.9 Å². The second-order valence-electron chi connectivity index (χ2n) is 3.96. The summed E-state index contributed by atoms with van der Waals surface area (Å²) in [5, 5.41) is 3.58.